The largest absolute Gasteiger partial charge is 0.474 e. The molecule has 1 amide bonds. The van der Waals surface area contributed by atoms with E-state index in [4.69, 9.17) is 16.3 Å². The van der Waals surface area contributed by atoms with Crippen LogP contribution in [0.1, 0.15) is 38.5 Å². The predicted octanol–water partition coefficient (Wildman–Crippen LogP) is 2.91. The first kappa shape index (κ1) is 15.1. The highest BCUT2D eigenvalue weighted by molar-refractivity contribution is 6.17. The van der Waals surface area contributed by atoms with E-state index in [-0.39, 0.29) is 18.1 Å². The number of nitrogens with zero attached hydrogens (tertiary/aromatic N) is 1. The van der Waals surface area contributed by atoms with E-state index >= 15 is 0 Å². The molecular formula is C15H21ClN2O2. The Labute approximate surface area is 124 Å². The smallest absolute Gasteiger partial charge is 0.220 e. The van der Waals surface area contributed by atoms with E-state index in [0.717, 1.165) is 32.1 Å². The van der Waals surface area contributed by atoms with Crippen molar-refractivity contribution in [3.8, 4) is 5.88 Å². The molecule has 1 aliphatic carbocycles. The van der Waals surface area contributed by atoms with Gasteiger partial charge in [-0.15, -0.1) is 11.6 Å². The number of hydrogen-bond acceptors (Lipinski definition) is 3. The highest BCUT2D eigenvalue weighted by Gasteiger charge is 2.23. The molecule has 1 heterocycles. The van der Waals surface area contributed by atoms with Crippen molar-refractivity contribution in [2.45, 2.75) is 50.7 Å². The van der Waals surface area contributed by atoms with Crippen LogP contribution in [0.15, 0.2) is 24.4 Å². The maximum atomic E-state index is 11.6. The van der Waals surface area contributed by atoms with E-state index in [2.05, 4.69) is 10.3 Å². The molecule has 0 aromatic carbocycles. The van der Waals surface area contributed by atoms with Crippen LogP contribution in [0.5, 0.6) is 5.88 Å². The molecule has 110 valence electrons. The minimum Gasteiger partial charge on any atom is -0.474 e. The van der Waals surface area contributed by atoms with E-state index in [1.807, 2.05) is 18.2 Å². The Kier molecular flexibility index (Phi) is 6.12. The summed E-state index contributed by atoms with van der Waals surface area (Å²) < 4.78 is 5.83. The number of pyridine rings is 1. The molecule has 0 unspecified atom stereocenters. The molecule has 1 fully saturated rings. The normalized spacial score (nSPS) is 22.2. The van der Waals surface area contributed by atoms with E-state index in [1.54, 1.807) is 6.20 Å². The zero-order chi connectivity index (χ0) is 14.2. The Morgan fingerprint density at radius 1 is 1.35 bits per heavy atom. The van der Waals surface area contributed by atoms with Crippen molar-refractivity contribution in [2.75, 3.05) is 5.88 Å². The van der Waals surface area contributed by atoms with Crippen LogP contribution >= 0.6 is 11.6 Å². The van der Waals surface area contributed by atoms with Crippen LogP contribution in [0.25, 0.3) is 0 Å². The third-order valence-corrected chi connectivity index (χ3v) is 3.77. The summed E-state index contributed by atoms with van der Waals surface area (Å²) in [4.78, 5) is 15.8. The first-order valence-corrected chi connectivity index (χ1v) is 7.74. The van der Waals surface area contributed by atoms with Gasteiger partial charge >= 0.3 is 0 Å². The van der Waals surface area contributed by atoms with E-state index < -0.39 is 0 Å². The lowest BCUT2D eigenvalue weighted by atomic mass is 9.93. The van der Waals surface area contributed by atoms with Crippen LogP contribution in [-0.4, -0.2) is 28.9 Å². The van der Waals surface area contributed by atoms with Gasteiger partial charge in [-0.05, 0) is 38.2 Å². The lowest BCUT2D eigenvalue weighted by molar-refractivity contribution is -0.122. The van der Waals surface area contributed by atoms with Crippen molar-refractivity contribution in [1.29, 1.82) is 0 Å². The second-order valence-electron chi connectivity index (χ2n) is 5.12. The number of carbonyl (C=O) groups excluding carboxylic acids is 1. The maximum Gasteiger partial charge on any atom is 0.220 e. The van der Waals surface area contributed by atoms with Gasteiger partial charge in [-0.3, -0.25) is 4.79 Å². The molecule has 4 nitrogen and oxygen atoms in total. The maximum absolute atomic E-state index is 11.6. The molecule has 1 aromatic heterocycles. The molecular weight excluding hydrogens is 276 g/mol. The summed E-state index contributed by atoms with van der Waals surface area (Å²) in [6.07, 6.45) is 7.04. The van der Waals surface area contributed by atoms with Gasteiger partial charge in [-0.2, -0.15) is 0 Å². The van der Waals surface area contributed by atoms with E-state index in [0.29, 0.717) is 18.2 Å². The molecule has 1 N–H and O–H groups in total. The Morgan fingerprint density at radius 3 is 2.80 bits per heavy atom. The molecule has 2 rings (SSSR count). The minimum absolute atomic E-state index is 0.111. The number of amides is 1. The number of ether oxygens (including phenoxy) is 1. The molecule has 0 atom stereocenters. The van der Waals surface area contributed by atoms with Gasteiger partial charge in [0.2, 0.25) is 11.8 Å². The average molecular weight is 297 g/mol. The topological polar surface area (TPSA) is 51.2 Å². The quantitative estimate of drug-likeness (QED) is 0.821. The second kappa shape index (κ2) is 8.10. The van der Waals surface area contributed by atoms with Gasteiger partial charge in [0.1, 0.15) is 6.10 Å². The van der Waals surface area contributed by atoms with Crippen molar-refractivity contribution in [3.05, 3.63) is 24.4 Å². The summed E-state index contributed by atoms with van der Waals surface area (Å²) in [5.41, 5.74) is 0. The van der Waals surface area contributed by atoms with Crippen molar-refractivity contribution >= 4 is 17.5 Å². The Balaban J connectivity index is 1.68. The molecule has 0 spiro atoms. The number of nitrogens with one attached hydrogen (secondary N) is 1. The summed E-state index contributed by atoms with van der Waals surface area (Å²) in [5.74, 6) is 1.33. The number of carbonyl (C=O) groups is 1. The third-order valence-electron chi connectivity index (χ3n) is 3.50. The standard InChI is InChI=1S/C15H21ClN2O2/c16-10-3-4-14(19)18-12-6-8-13(9-7-12)20-15-5-1-2-11-17-15/h1-2,5,11-13H,3-4,6-10H2,(H,18,19). The number of aromatic nitrogens is 1. The van der Waals surface area contributed by atoms with Crippen LogP contribution < -0.4 is 10.1 Å². The Hall–Kier alpha value is -1.29. The fourth-order valence-corrected chi connectivity index (χ4v) is 2.57. The van der Waals surface area contributed by atoms with Crippen LogP contribution in [0, 0.1) is 0 Å². The van der Waals surface area contributed by atoms with Gasteiger partial charge in [0, 0.05) is 30.6 Å². The predicted molar refractivity (Wildman–Crippen MR) is 79.0 cm³/mol. The monoisotopic (exact) mass is 296 g/mol. The summed E-state index contributed by atoms with van der Waals surface area (Å²) in [7, 11) is 0. The van der Waals surface area contributed by atoms with E-state index in [9.17, 15) is 4.79 Å². The molecule has 1 saturated carbocycles. The van der Waals surface area contributed by atoms with Gasteiger partial charge in [0.25, 0.3) is 0 Å². The third kappa shape index (κ3) is 5.00. The summed E-state index contributed by atoms with van der Waals surface area (Å²) in [5, 5.41) is 3.07. The average Bonchev–Trinajstić information content (AvgIpc) is 2.48. The van der Waals surface area contributed by atoms with Gasteiger partial charge in [-0.1, -0.05) is 6.07 Å². The second-order valence-corrected chi connectivity index (χ2v) is 5.50. The van der Waals surface area contributed by atoms with Gasteiger partial charge in [0.15, 0.2) is 0 Å². The number of rotatable bonds is 6. The molecule has 20 heavy (non-hydrogen) atoms. The summed E-state index contributed by atoms with van der Waals surface area (Å²) in [6.45, 7) is 0. The van der Waals surface area contributed by atoms with E-state index in [1.165, 1.54) is 0 Å². The highest BCUT2D eigenvalue weighted by atomic mass is 35.5. The molecule has 0 aliphatic heterocycles. The molecule has 0 radical (unpaired) electrons. The lowest BCUT2D eigenvalue weighted by Crippen LogP contribution is -2.39. The van der Waals surface area contributed by atoms with Crippen molar-refractivity contribution in [2.24, 2.45) is 0 Å². The summed E-state index contributed by atoms with van der Waals surface area (Å²) in [6, 6.07) is 5.95. The van der Waals surface area contributed by atoms with Crippen molar-refractivity contribution in [1.82, 2.24) is 10.3 Å². The minimum atomic E-state index is 0.111. The van der Waals surface area contributed by atoms with Crippen molar-refractivity contribution in [3.63, 3.8) is 0 Å². The van der Waals surface area contributed by atoms with Gasteiger partial charge in [0.05, 0.1) is 0 Å². The Bertz CT molecular complexity index is 406. The van der Waals surface area contributed by atoms with Gasteiger partial charge in [-0.25, -0.2) is 4.98 Å². The molecule has 0 bridgehead atoms. The zero-order valence-electron chi connectivity index (χ0n) is 11.6. The first-order valence-electron chi connectivity index (χ1n) is 7.21. The van der Waals surface area contributed by atoms with Crippen molar-refractivity contribution < 1.29 is 9.53 Å². The lowest BCUT2D eigenvalue weighted by Gasteiger charge is -2.29. The fraction of sp³-hybridized carbons (Fsp3) is 0.600. The first-order chi connectivity index (χ1) is 9.78. The van der Waals surface area contributed by atoms with Crippen LogP contribution in [0.3, 0.4) is 0 Å². The Morgan fingerprint density at radius 2 is 2.15 bits per heavy atom. The molecule has 0 saturated heterocycles. The van der Waals surface area contributed by atoms with Crippen LogP contribution in [0.4, 0.5) is 0 Å². The molecule has 1 aromatic rings. The fourth-order valence-electron chi connectivity index (χ4n) is 2.44. The number of halogens is 1. The zero-order valence-corrected chi connectivity index (χ0v) is 12.3. The highest BCUT2D eigenvalue weighted by Crippen LogP contribution is 2.22. The SMILES string of the molecule is O=C(CCCCl)NC1CCC(Oc2ccccn2)CC1. The molecule has 1 aliphatic rings. The summed E-state index contributed by atoms with van der Waals surface area (Å²) >= 11 is 5.58. The van der Waals surface area contributed by atoms with Crippen LogP contribution in [0.2, 0.25) is 0 Å². The number of hydrogen-bond donors (Lipinski definition) is 1. The van der Waals surface area contributed by atoms with Crippen LogP contribution in [-0.2, 0) is 4.79 Å². The number of alkyl halides is 1. The molecule has 5 heteroatoms. The van der Waals surface area contributed by atoms with Gasteiger partial charge < -0.3 is 10.1 Å².